The van der Waals surface area contributed by atoms with Gasteiger partial charge in [-0.1, -0.05) is 13.0 Å². The van der Waals surface area contributed by atoms with Crippen molar-refractivity contribution in [1.82, 2.24) is 0 Å². The van der Waals surface area contributed by atoms with E-state index >= 15 is 0 Å². The topological polar surface area (TPSA) is 75.6 Å². The number of benzene rings is 1. The number of aliphatic carboxylic acids is 1. The summed E-state index contributed by atoms with van der Waals surface area (Å²) >= 11 is 0. The third-order valence-electron chi connectivity index (χ3n) is 3.05. The number of amides is 1. The van der Waals surface area contributed by atoms with Gasteiger partial charge in [0.25, 0.3) is 5.91 Å². The van der Waals surface area contributed by atoms with E-state index in [9.17, 15) is 9.59 Å². The molecule has 2 N–H and O–H groups in total. The molecule has 2 unspecified atom stereocenters. The van der Waals surface area contributed by atoms with Crippen molar-refractivity contribution in [3.63, 3.8) is 0 Å². The van der Waals surface area contributed by atoms with Crippen LogP contribution in [0.2, 0.25) is 0 Å². The Morgan fingerprint density at radius 1 is 1.56 bits per heavy atom. The molecule has 2 atom stereocenters. The quantitative estimate of drug-likeness (QED) is 0.858. The molecule has 0 fully saturated rings. The first-order valence-electron chi connectivity index (χ1n) is 5.87. The summed E-state index contributed by atoms with van der Waals surface area (Å²) in [4.78, 5) is 22.5. The number of nitrogens with one attached hydrogen (secondary N) is 1. The van der Waals surface area contributed by atoms with Crippen molar-refractivity contribution in [3.05, 3.63) is 23.8 Å². The number of rotatable bonds is 3. The highest BCUT2D eigenvalue weighted by Crippen LogP contribution is 2.33. The molecule has 0 radical (unpaired) electrons. The Morgan fingerprint density at radius 2 is 2.28 bits per heavy atom. The number of hydrogen-bond acceptors (Lipinski definition) is 3. The van der Waals surface area contributed by atoms with E-state index in [0.29, 0.717) is 23.4 Å². The van der Waals surface area contributed by atoms with E-state index in [2.05, 4.69) is 5.32 Å². The number of hydrogen-bond donors (Lipinski definition) is 2. The van der Waals surface area contributed by atoms with Gasteiger partial charge >= 0.3 is 5.97 Å². The maximum Gasteiger partial charge on any atom is 0.310 e. The minimum absolute atomic E-state index is 0.194. The van der Waals surface area contributed by atoms with Gasteiger partial charge in [0.2, 0.25) is 0 Å². The number of carbonyl (C=O) groups excluding carboxylic acids is 1. The first-order chi connectivity index (χ1) is 8.52. The third-order valence-corrected chi connectivity index (χ3v) is 3.05. The molecular weight excluding hydrogens is 234 g/mol. The molecule has 0 saturated carbocycles. The molecule has 96 valence electrons. The van der Waals surface area contributed by atoms with Crippen LogP contribution in [0.25, 0.3) is 0 Å². The lowest BCUT2D eigenvalue weighted by Gasteiger charge is -2.24. The fraction of sp³-hybridized carbons (Fsp3) is 0.385. The summed E-state index contributed by atoms with van der Waals surface area (Å²) in [5.74, 6) is -1.07. The Morgan fingerprint density at radius 3 is 2.89 bits per heavy atom. The summed E-state index contributed by atoms with van der Waals surface area (Å²) < 4.78 is 5.45. The van der Waals surface area contributed by atoms with E-state index in [4.69, 9.17) is 9.84 Å². The number of carbonyl (C=O) groups is 2. The second-order valence-electron chi connectivity index (χ2n) is 4.30. The summed E-state index contributed by atoms with van der Waals surface area (Å²) in [7, 11) is 0. The van der Waals surface area contributed by atoms with Gasteiger partial charge in [-0.3, -0.25) is 9.59 Å². The van der Waals surface area contributed by atoms with Crippen LogP contribution in [-0.4, -0.2) is 23.1 Å². The maximum atomic E-state index is 11.4. The summed E-state index contributed by atoms with van der Waals surface area (Å²) in [5.41, 5.74) is 1.27. The number of carboxylic acid groups (broad SMARTS) is 1. The van der Waals surface area contributed by atoms with E-state index in [1.165, 1.54) is 0 Å². The Bertz CT molecular complexity index is 498. The number of fused-ring (bicyclic) bond motifs is 1. The van der Waals surface area contributed by atoms with Gasteiger partial charge in [-0.2, -0.15) is 0 Å². The standard InChI is InChI=1S/C13H15NO4/c1-3-9(13(16)17)8-4-5-10-11(6-8)18-7(2)12(15)14-10/h4-7,9H,3H2,1-2H3,(H,14,15)(H,16,17). The minimum atomic E-state index is -0.856. The molecule has 1 aromatic rings. The van der Waals surface area contributed by atoms with Crippen LogP contribution >= 0.6 is 0 Å². The fourth-order valence-corrected chi connectivity index (χ4v) is 1.99. The monoisotopic (exact) mass is 249 g/mol. The zero-order chi connectivity index (χ0) is 13.3. The van der Waals surface area contributed by atoms with E-state index < -0.39 is 18.0 Å². The van der Waals surface area contributed by atoms with Crippen LogP contribution in [-0.2, 0) is 9.59 Å². The van der Waals surface area contributed by atoms with Crippen molar-refractivity contribution in [2.24, 2.45) is 0 Å². The Kier molecular flexibility index (Phi) is 3.23. The largest absolute Gasteiger partial charge is 0.481 e. The summed E-state index contributed by atoms with van der Waals surface area (Å²) in [5, 5.41) is 11.8. The highest BCUT2D eigenvalue weighted by Gasteiger charge is 2.25. The average molecular weight is 249 g/mol. The Balaban J connectivity index is 2.35. The molecule has 1 aliphatic heterocycles. The van der Waals surface area contributed by atoms with E-state index in [-0.39, 0.29) is 5.91 Å². The lowest BCUT2D eigenvalue weighted by Crippen LogP contribution is -2.34. The maximum absolute atomic E-state index is 11.4. The number of carboxylic acids is 1. The molecular formula is C13H15NO4. The molecule has 0 aromatic heterocycles. The van der Waals surface area contributed by atoms with E-state index in [1.54, 1.807) is 25.1 Å². The van der Waals surface area contributed by atoms with Crippen molar-refractivity contribution in [2.45, 2.75) is 32.3 Å². The lowest BCUT2D eigenvalue weighted by atomic mass is 9.96. The molecule has 5 heteroatoms. The van der Waals surface area contributed by atoms with Crippen LogP contribution in [0.15, 0.2) is 18.2 Å². The first-order valence-corrected chi connectivity index (χ1v) is 5.87. The van der Waals surface area contributed by atoms with Gasteiger partial charge in [0.15, 0.2) is 6.10 Å². The predicted molar refractivity (Wildman–Crippen MR) is 65.8 cm³/mol. The second-order valence-corrected chi connectivity index (χ2v) is 4.30. The summed E-state index contributed by atoms with van der Waals surface area (Å²) in [6, 6.07) is 5.08. The van der Waals surface area contributed by atoms with Crippen molar-refractivity contribution in [1.29, 1.82) is 0 Å². The molecule has 0 aliphatic carbocycles. The minimum Gasteiger partial charge on any atom is -0.481 e. The Labute approximate surface area is 105 Å². The third kappa shape index (κ3) is 2.16. The van der Waals surface area contributed by atoms with Crippen molar-refractivity contribution in [3.8, 4) is 5.75 Å². The summed E-state index contributed by atoms with van der Waals surface area (Å²) in [6.07, 6.45) is -0.0478. The highest BCUT2D eigenvalue weighted by molar-refractivity contribution is 5.97. The van der Waals surface area contributed by atoms with Crippen LogP contribution in [0.4, 0.5) is 5.69 Å². The van der Waals surface area contributed by atoms with Crippen LogP contribution < -0.4 is 10.1 Å². The predicted octanol–water partition coefficient (Wildman–Crippen LogP) is 1.98. The van der Waals surface area contributed by atoms with Gasteiger partial charge in [-0.15, -0.1) is 0 Å². The average Bonchev–Trinajstić information content (AvgIpc) is 2.31. The van der Waals surface area contributed by atoms with Crippen LogP contribution in [0.1, 0.15) is 31.7 Å². The molecule has 1 aromatic carbocycles. The SMILES string of the molecule is CCC(C(=O)O)c1ccc2c(c1)OC(C)C(=O)N2. The van der Waals surface area contributed by atoms with Gasteiger partial charge in [0, 0.05) is 0 Å². The summed E-state index contributed by atoms with van der Waals surface area (Å²) in [6.45, 7) is 3.48. The van der Waals surface area contributed by atoms with Gasteiger partial charge in [0.05, 0.1) is 11.6 Å². The van der Waals surface area contributed by atoms with Crippen molar-refractivity contribution >= 4 is 17.6 Å². The van der Waals surface area contributed by atoms with Gasteiger partial charge < -0.3 is 15.2 Å². The molecule has 1 aliphatic rings. The molecule has 2 rings (SSSR count). The normalized spacial score (nSPS) is 19.4. The van der Waals surface area contributed by atoms with Crippen LogP contribution in [0.5, 0.6) is 5.75 Å². The molecule has 0 bridgehead atoms. The molecule has 1 amide bonds. The van der Waals surface area contributed by atoms with Crippen molar-refractivity contribution < 1.29 is 19.4 Å². The zero-order valence-electron chi connectivity index (χ0n) is 10.3. The van der Waals surface area contributed by atoms with Crippen molar-refractivity contribution in [2.75, 3.05) is 5.32 Å². The molecule has 1 heterocycles. The Hall–Kier alpha value is -2.04. The highest BCUT2D eigenvalue weighted by atomic mass is 16.5. The smallest absolute Gasteiger partial charge is 0.310 e. The molecule has 5 nitrogen and oxygen atoms in total. The number of anilines is 1. The van der Waals surface area contributed by atoms with Gasteiger partial charge in [0.1, 0.15) is 5.75 Å². The van der Waals surface area contributed by atoms with Crippen LogP contribution in [0, 0.1) is 0 Å². The second kappa shape index (κ2) is 4.68. The first kappa shape index (κ1) is 12.4. The lowest BCUT2D eigenvalue weighted by molar-refractivity contribution is -0.138. The molecule has 0 saturated heterocycles. The fourth-order valence-electron chi connectivity index (χ4n) is 1.99. The van der Waals surface area contributed by atoms with E-state index in [1.807, 2.05) is 6.92 Å². The molecule has 0 spiro atoms. The zero-order valence-corrected chi connectivity index (χ0v) is 10.3. The van der Waals surface area contributed by atoms with Gasteiger partial charge in [-0.05, 0) is 31.0 Å². The number of ether oxygens (including phenoxy) is 1. The van der Waals surface area contributed by atoms with Crippen LogP contribution in [0.3, 0.4) is 0 Å². The molecule has 18 heavy (non-hydrogen) atoms. The van der Waals surface area contributed by atoms with E-state index in [0.717, 1.165) is 0 Å². The van der Waals surface area contributed by atoms with Gasteiger partial charge in [-0.25, -0.2) is 0 Å².